The first-order chi connectivity index (χ1) is 12.1. The van der Waals surface area contributed by atoms with E-state index in [0.717, 1.165) is 21.6 Å². The number of nitrogens with zero attached hydrogens (tertiary/aromatic N) is 2. The van der Waals surface area contributed by atoms with Crippen LogP contribution in [-0.4, -0.2) is 39.8 Å². The monoisotopic (exact) mass is 354 g/mol. The van der Waals surface area contributed by atoms with Crippen molar-refractivity contribution in [2.24, 2.45) is 11.7 Å². The average molecular weight is 354 g/mol. The maximum Gasteiger partial charge on any atom is 0.273 e. The first-order valence-corrected chi connectivity index (χ1v) is 9.12. The smallest absolute Gasteiger partial charge is 0.273 e. The molecule has 2 aromatic heterocycles. The molecular weight excluding hydrogens is 336 g/mol. The number of fused-ring (bicyclic) bond motifs is 1. The third kappa shape index (κ3) is 3.02. The SMILES string of the molecule is NC(=O)C1CCN(C(=O)c2csc(-c3cc4ccccc4[nH]3)n2)CC1. The number of thiazole rings is 1. The molecule has 4 rings (SSSR count). The van der Waals surface area contributed by atoms with Crippen LogP contribution in [0.3, 0.4) is 0 Å². The van der Waals surface area contributed by atoms with Crippen molar-refractivity contribution in [3.63, 3.8) is 0 Å². The van der Waals surface area contributed by atoms with Gasteiger partial charge < -0.3 is 15.6 Å². The largest absolute Gasteiger partial charge is 0.369 e. The third-order valence-electron chi connectivity index (χ3n) is 4.67. The molecule has 0 spiro atoms. The summed E-state index contributed by atoms with van der Waals surface area (Å²) < 4.78 is 0. The number of nitrogens with one attached hydrogen (secondary N) is 1. The summed E-state index contributed by atoms with van der Waals surface area (Å²) in [4.78, 5) is 33.5. The summed E-state index contributed by atoms with van der Waals surface area (Å²) in [6.07, 6.45) is 1.25. The molecule has 0 atom stereocenters. The summed E-state index contributed by atoms with van der Waals surface area (Å²) in [6, 6.07) is 10.1. The van der Waals surface area contributed by atoms with Crippen LogP contribution in [0.15, 0.2) is 35.7 Å². The minimum absolute atomic E-state index is 0.0819. The van der Waals surface area contributed by atoms with Gasteiger partial charge in [-0.05, 0) is 25.0 Å². The van der Waals surface area contributed by atoms with E-state index >= 15 is 0 Å². The van der Waals surface area contributed by atoms with Gasteiger partial charge in [-0.2, -0.15) is 0 Å². The molecule has 0 aliphatic carbocycles. The molecule has 1 fully saturated rings. The van der Waals surface area contributed by atoms with Crippen molar-refractivity contribution in [1.29, 1.82) is 0 Å². The van der Waals surface area contributed by atoms with Crippen molar-refractivity contribution >= 4 is 34.1 Å². The Hall–Kier alpha value is -2.67. The van der Waals surface area contributed by atoms with Crippen LogP contribution in [0.2, 0.25) is 0 Å². The number of aromatic nitrogens is 2. The number of hydrogen-bond donors (Lipinski definition) is 2. The molecule has 25 heavy (non-hydrogen) atoms. The first kappa shape index (κ1) is 15.8. The maximum atomic E-state index is 12.6. The Morgan fingerprint density at radius 1 is 1.24 bits per heavy atom. The highest BCUT2D eigenvalue weighted by Gasteiger charge is 2.27. The Labute approximate surface area is 148 Å². The third-order valence-corrected chi connectivity index (χ3v) is 5.54. The molecule has 7 heteroatoms. The topological polar surface area (TPSA) is 92.1 Å². The highest BCUT2D eigenvalue weighted by atomic mass is 32.1. The molecule has 0 radical (unpaired) electrons. The predicted octanol–water partition coefficient (Wildman–Crippen LogP) is 2.63. The molecule has 1 aliphatic heterocycles. The second-order valence-corrected chi connectivity index (χ2v) is 7.14. The van der Waals surface area contributed by atoms with E-state index in [0.29, 0.717) is 31.6 Å². The highest BCUT2D eigenvalue weighted by molar-refractivity contribution is 7.13. The molecule has 3 aromatic rings. The van der Waals surface area contributed by atoms with Gasteiger partial charge in [-0.25, -0.2) is 4.98 Å². The van der Waals surface area contributed by atoms with E-state index in [2.05, 4.69) is 9.97 Å². The summed E-state index contributed by atoms with van der Waals surface area (Å²) in [5, 5.41) is 3.71. The lowest BCUT2D eigenvalue weighted by atomic mass is 9.96. The fraction of sp³-hybridized carbons (Fsp3) is 0.278. The summed E-state index contributed by atoms with van der Waals surface area (Å²) in [5.41, 5.74) is 7.76. The Morgan fingerprint density at radius 2 is 2.00 bits per heavy atom. The van der Waals surface area contributed by atoms with Gasteiger partial charge in [-0.3, -0.25) is 9.59 Å². The second-order valence-electron chi connectivity index (χ2n) is 6.28. The van der Waals surface area contributed by atoms with Crippen LogP contribution in [0.5, 0.6) is 0 Å². The van der Waals surface area contributed by atoms with E-state index < -0.39 is 0 Å². The van der Waals surface area contributed by atoms with Crippen molar-refractivity contribution in [2.45, 2.75) is 12.8 Å². The van der Waals surface area contributed by atoms with Crippen LogP contribution in [0.25, 0.3) is 21.6 Å². The fourth-order valence-electron chi connectivity index (χ4n) is 3.21. The van der Waals surface area contributed by atoms with E-state index in [1.54, 1.807) is 10.3 Å². The lowest BCUT2D eigenvalue weighted by Gasteiger charge is -2.30. The van der Waals surface area contributed by atoms with Gasteiger partial charge in [-0.15, -0.1) is 11.3 Å². The molecule has 0 saturated carbocycles. The molecule has 1 saturated heterocycles. The zero-order chi connectivity index (χ0) is 17.4. The molecule has 2 amide bonds. The zero-order valence-electron chi connectivity index (χ0n) is 13.6. The van der Waals surface area contributed by atoms with Crippen LogP contribution >= 0.6 is 11.3 Å². The van der Waals surface area contributed by atoms with Gasteiger partial charge in [0.1, 0.15) is 10.7 Å². The Balaban J connectivity index is 1.51. The molecule has 3 N–H and O–H groups in total. The number of primary amides is 1. The molecule has 6 nitrogen and oxygen atoms in total. The van der Waals surface area contributed by atoms with E-state index in [1.165, 1.54) is 11.3 Å². The summed E-state index contributed by atoms with van der Waals surface area (Å²) >= 11 is 1.45. The van der Waals surface area contributed by atoms with E-state index in [1.807, 2.05) is 30.3 Å². The van der Waals surface area contributed by atoms with E-state index in [-0.39, 0.29) is 17.7 Å². The van der Waals surface area contributed by atoms with Crippen molar-refractivity contribution in [2.75, 3.05) is 13.1 Å². The molecule has 128 valence electrons. The van der Waals surface area contributed by atoms with Crippen LogP contribution in [-0.2, 0) is 4.79 Å². The van der Waals surface area contributed by atoms with Crippen molar-refractivity contribution in [3.05, 3.63) is 41.4 Å². The van der Waals surface area contributed by atoms with Gasteiger partial charge in [0.2, 0.25) is 5.91 Å². The van der Waals surface area contributed by atoms with Crippen LogP contribution in [0, 0.1) is 5.92 Å². The fourth-order valence-corrected chi connectivity index (χ4v) is 3.98. The predicted molar refractivity (Wildman–Crippen MR) is 97.2 cm³/mol. The van der Waals surface area contributed by atoms with Gasteiger partial charge in [0, 0.05) is 35.3 Å². The van der Waals surface area contributed by atoms with Gasteiger partial charge in [0.25, 0.3) is 5.91 Å². The number of nitrogens with two attached hydrogens (primary N) is 1. The lowest BCUT2D eigenvalue weighted by Crippen LogP contribution is -2.41. The standard InChI is InChI=1S/C18H18N4O2S/c19-16(23)11-5-7-22(8-6-11)18(24)15-10-25-17(21-15)14-9-12-3-1-2-4-13(12)20-14/h1-4,9-11,20H,5-8H2,(H2,19,23). The van der Waals surface area contributed by atoms with Crippen molar-refractivity contribution < 1.29 is 9.59 Å². The van der Waals surface area contributed by atoms with Crippen LogP contribution in [0.1, 0.15) is 23.3 Å². The van der Waals surface area contributed by atoms with Gasteiger partial charge >= 0.3 is 0 Å². The minimum atomic E-state index is -0.276. The Kier molecular flexibility index (Phi) is 4.01. The highest BCUT2D eigenvalue weighted by Crippen LogP contribution is 2.28. The Morgan fingerprint density at radius 3 is 2.72 bits per heavy atom. The number of hydrogen-bond acceptors (Lipinski definition) is 4. The lowest BCUT2D eigenvalue weighted by molar-refractivity contribution is -0.123. The molecule has 1 aliphatic rings. The quantitative estimate of drug-likeness (QED) is 0.757. The molecular formula is C18H18N4O2S. The number of carbonyl (C=O) groups excluding carboxylic acids is 2. The first-order valence-electron chi connectivity index (χ1n) is 8.24. The molecule has 0 unspecified atom stereocenters. The molecule has 1 aromatic carbocycles. The number of para-hydroxylation sites is 1. The molecule has 3 heterocycles. The maximum absolute atomic E-state index is 12.6. The summed E-state index contributed by atoms with van der Waals surface area (Å²) in [5.74, 6) is -0.482. The van der Waals surface area contributed by atoms with E-state index in [4.69, 9.17) is 5.73 Å². The number of amides is 2. The molecule has 0 bridgehead atoms. The zero-order valence-corrected chi connectivity index (χ0v) is 14.4. The van der Waals surface area contributed by atoms with Crippen molar-refractivity contribution in [1.82, 2.24) is 14.9 Å². The van der Waals surface area contributed by atoms with Gasteiger partial charge in [0.05, 0.1) is 5.69 Å². The van der Waals surface area contributed by atoms with Crippen molar-refractivity contribution in [3.8, 4) is 10.7 Å². The summed E-state index contributed by atoms with van der Waals surface area (Å²) in [7, 11) is 0. The van der Waals surface area contributed by atoms with Crippen LogP contribution < -0.4 is 5.73 Å². The minimum Gasteiger partial charge on any atom is -0.369 e. The average Bonchev–Trinajstić information content (AvgIpc) is 3.27. The second kappa shape index (κ2) is 6.33. The van der Waals surface area contributed by atoms with E-state index in [9.17, 15) is 9.59 Å². The van der Waals surface area contributed by atoms with Crippen LogP contribution in [0.4, 0.5) is 0 Å². The number of likely N-dealkylation sites (tertiary alicyclic amines) is 1. The number of carbonyl (C=O) groups is 2. The number of aromatic amines is 1. The normalized spacial score (nSPS) is 15.6. The summed E-state index contributed by atoms with van der Waals surface area (Å²) in [6.45, 7) is 1.09. The van der Waals surface area contributed by atoms with Gasteiger partial charge in [-0.1, -0.05) is 18.2 Å². The number of rotatable bonds is 3. The van der Waals surface area contributed by atoms with Gasteiger partial charge in [0.15, 0.2) is 0 Å². The number of H-pyrrole nitrogens is 1. The Bertz CT molecular complexity index is 904. The number of benzene rings is 1. The number of piperidine rings is 1.